The molecule has 3 rings (SSSR count). The molecule has 0 aliphatic carbocycles. The van der Waals surface area contributed by atoms with Gasteiger partial charge in [-0.2, -0.15) is 8.42 Å². The number of nitrogens with zero attached hydrogens (tertiary/aromatic N) is 1. The Balaban J connectivity index is 0.00000192. The Bertz CT molecular complexity index is 758. The Labute approximate surface area is 138 Å². The summed E-state index contributed by atoms with van der Waals surface area (Å²) in [6.45, 7) is 1.07. The van der Waals surface area contributed by atoms with Gasteiger partial charge in [-0.05, 0) is 24.3 Å². The van der Waals surface area contributed by atoms with Crippen LogP contribution in [-0.4, -0.2) is 39.3 Å². The molecule has 1 aromatic carbocycles. The Morgan fingerprint density at radius 1 is 1.26 bits per heavy atom. The van der Waals surface area contributed by atoms with Gasteiger partial charge in [0, 0.05) is 23.5 Å². The summed E-state index contributed by atoms with van der Waals surface area (Å²) in [6.07, 6.45) is -0.103. The van der Waals surface area contributed by atoms with Gasteiger partial charge in [0.1, 0.15) is 6.61 Å². The third kappa shape index (κ3) is 3.94. The molecular weight excluding hydrogens is 340 g/mol. The van der Waals surface area contributed by atoms with Crippen LogP contribution in [0.4, 0.5) is 5.69 Å². The molecule has 7 nitrogen and oxygen atoms in total. The van der Waals surface area contributed by atoms with Crippen molar-refractivity contribution in [2.75, 3.05) is 25.1 Å². The standard InChI is InChI=1S/C14H15NO5S2.H3N/c1-15(10-2-4-12(5-3-10)22(16,17)18)6-11-7-19-13-8-21-9-14(13)20-11;/h2-5,8-9,11H,6-7H2,1H3,(H,16,17,18);1H3. The fourth-order valence-corrected chi connectivity index (χ4v) is 3.39. The molecule has 1 aromatic heterocycles. The first-order valence-corrected chi connectivity index (χ1v) is 8.96. The number of benzene rings is 1. The van der Waals surface area contributed by atoms with Gasteiger partial charge in [-0.1, -0.05) is 0 Å². The predicted octanol–water partition coefficient (Wildman–Crippen LogP) is 2.43. The highest BCUT2D eigenvalue weighted by molar-refractivity contribution is 7.85. The van der Waals surface area contributed by atoms with Crippen LogP contribution < -0.4 is 20.5 Å². The smallest absolute Gasteiger partial charge is 0.294 e. The van der Waals surface area contributed by atoms with E-state index in [1.807, 2.05) is 22.7 Å². The van der Waals surface area contributed by atoms with Crippen LogP contribution in [0.15, 0.2) is 39.9 Å². The summed E-state index contributed by atoms with van der Waals surface area (Å²) >= 11 is 1.53. The van der Waals surface area contributed by atoms with E-state index in [1.54, 1.807) is 12.1 Å². The van der Waals surface area contributed by atoms with E-state index in [9.17, 15) is 8.42 Å². The van der Waals surface area contributed by atoms with E-state index in [4.69, 9.17) is 14.0 Å². The maximum absolute atomic E-state index is 11.0. The van der Waals surface area contributed by atoms with Crippen molar-refractivity contribution in [1.82, 2.24) is 6.15 Å². The molecule has 0 spiro atoms. The van der Waals surface area contributed by atoms with Gasteiger partial charge in [-0.3, -0.25) is 4.55 Å². The molecule has 1 atom stereocenters. The van der Waals surface area contributed by atoms with Crippen LogP contribution in [0.1, 0.15) is 0 Å². The second-order valence-corrected chi connectivity index (χ2v) is 7.17. The van der Waals surface area contributed by atoms with E-state index in [0.29, 0.717) is 13.2 Å². The molecule has 2 heterocycles. The number of hydrogen-bond acceptors (Lipinski definition) is 7. The summed E-state index contributed by atoms with van der Waals surface area (Å²) in [4.78, 5) is 1.82. The molecule has 0 bridgehead atoms. The first-order chi connectivity index (χ1) is 10.4. The molecule has 0 fully saturated rings. The van der Waals surface area contributed by atoms with Crippen molar-refractivity contribution in [3.63, 3.8) is 0 Å². The predicted molar refractivity (Wildman–Crippen MR) is 88.8 cm³/mol. The summed E-state index contributed by atoms with van der Waals surface area (Å²) in [5.41, 5.74) is 0.826. The van der Waals surface area contributed by atoms with E-state index in [2.05, 4.69) is 0 Å². The number of anilines is 1. The van der Waals surface area contributed by atoms with Crippen LogP contribution in [0.2, 0.25) is 0 Å². The van der Waals surface area contributed by atoms with Crippen molar-refractivity contribution in [1.29, 1.82) is 0 Å². The molecule has 23 heavy (non-hydrogen) atoms. The Kier molecular flexibility index (Phi) is 5.15. The zero-order chi connectivity index (χ0) is 15.7. The molecule has 0 saturated heterocycles. The molecule has 1 aliphatic rings. The van der Waals surface area contributed by atoms with Crippen LogP contribution >= 0.6 is 11.3 Å². The van der Waals surface area contributed by atoms with Crippen LogP contribution in [-0.2, 0) is 10.1 Å². The number of thiophene rings is 1. The van der Waals surface area contributed by atoms with Crippen molar-refractivity contribution in [2.24, 2.45) is 0 Å². The van der Waals surface area contributed by atoms with Gasteiger partial charge in [0.15, 0.2) is 17.6 Å². The molecular formula is C14H18N2O5S2. The van der Waals surface area contributed by atoms with Crippen molar-refractivity contribution in [3.8, 4) is 11.5 Å². The van der Waals surface area contributed by atoms with Gasteiger partial charge >= 0.3 is 0 Å². The van der Waals surface area contributed by atoms with E-state index in [-0.39, 0.29) is 17.1 Å². The van der Waals surface area contributed by atoms with Crippen molar-refractivity contribution >= 4 is 27.1 Å². The molecule has 1 unspecified atom stereocenters. The van der Waals surface area contributed by atoms with Gasteiger partial charge in [-0.15, -0.1) is 11.3 Å². The molecule has 1 aliphatic heterocycles. The molecule has 0 saturated carbocycles. The van der Waals surface area contributed by atoms with Crippen molar-refractivity contribution in [3.05, 3.63) is 35.0 Å². The molecule has 0 radical (unpaired) electrons. The second kappa shape index (κ2) is 6.75. The van der Waals surface area contributed by atoms with Gasteiger partial charge in [-0.25, -0.2) is 0 Å². The Morgan fingerprint density at radius 3 is 2.57 bits per heavy atom. The highest BCUT2D eigenvalue weighted by Crippen LogP contribution is 2.35. The second-order valence-electron chi connectivity index (χ2n) is 5.00. The summed E-state index contributed by atoms with van der Waals surface area (Å²) in [7, 11) is -2.28. The van der Waals surface area contributed by atoms with Crippen LogP contribution in [0, 0.1) is 0 Å². The van der Waals surface area contributed by atoms with Gasteiger partial charge < -0.3 is 20.5 Å². The van der Waals surface area contributed by atoms with Crippen molar-refractivity contribution in [2.45, 2.75) is 11.0 Å². The van der Waals surface area contributed by atoms with Crippen molar-refractivity contribution < 1.29 is 22.4 Å². The minimum Gasteiger partial charge on any atom is -0.485 e. The van der Waals surface area contributed by atoms with Crippen LogP contribution in [0.3, 0.4) is 0 Å². The average molecular weight is 358 g/mol. The van der Waals surface area contributed by atoms with E-state index in [0.717, 1.165) is 17.2 Å². The maximum atomic E-state index is 11.0. The summed E-state index contributed by atoms with van der Waals surface area (Å²) in [6, 6.07) is 6.03. The van der Waals surface area contributed by atoms with Gasteiger partial charge in [0.2, 0.25) is 0 Å². The van der Waals surface area contributed by atoms with Crippen LogP contribution in [0.5, 0.6) is 11.5 Å². The quantitative estimate of drug-likeness (QED) is 0.807. The molecule has 2 aromatic rings. The summed E-state index contributed by atoms with van der Waals surface area (Å²) in [5.74, 6) is 1.54. The number of ether oxygens (including phenoxy) is 2. The molecule has 9 heteroatoms. The maximum Gasteiger partial charge on any atom is 0.294 e. The largest absolute Gasteiger partial charge is 0.485 e. The molecule has 4 N–H and O–H groups in total. The first-order valence-electron chi connectivity index (χ1n) is 6.58. The van der Waals surface area contributed by atoms with E-state index < -0.39 is 10.1 Å². The topological polar surface area (TPSA) is 111 Å². The summed E-state index contributed by atoms with van der Waals surface area (Å²) in [5, 5.41) is 3.81. The van der Waals surface area contributed by atoms with Crippen LogP contribution in [0.25, 0.3) is 0 Å². The lowest BCUT2D eigenvalue weighted by Gasteiger charge is -2.29. The SMILES string of the molecule is CN(CC1COc2cscc2O1)c1ccc(S(=O)(=O)O)cc1.N. The first kappa shape index (κ1) is 17.5. The normalized spacial score (nSPS) is 16.5. The lowest BCUT2D eigenvalue weighted by atomic mass is 10.2. The monoisotopic (exact) mass is 358 g/mol. The molecule has 0 amide bonds. The summed E-state index contributed by atoms with van der Waals surface area (Å²) < 4.78 is 42.5. The zero-order valence-corrected chi connectivity index (χ0v) is 14.1. The lowest BCUT2D eigenvalue weighted by Crippen LogP contribution is -2.39. The minimum atomic E-state index is -4.16. The van der Waals surface area contributed by atoms with E-state index in [1.165, 1.54) is 23.5 Å². The highest BCUT2D eigenvalue weighted by atomic mass is 32.2. The van der Waals surface area contributed by atoms with Gasteiger partial charge in [0.05, 0.1) is 11.4 Å². The zero-order valence-electron chi connectivity index (χ0n) is 12.5. The molecule has 126 valence electrons. The highest BCUT2D eigenvalue weighted by Gasteiger charge is 2.23. The number of fused-ring (bicyclic) bond motifs is 1. The van der Waals surface area contributed by atoms with Gasteiger partial charge in [0.25, 0.3) is 10.1 Å². The number of rotatable bonds is 4. The Hall–Kier alpha value is -1.81. The third-order valence-corrected chi connectivity index (χ3v) is 4.93. The lowest BCUT2D eigenvalue weighted by molar-refractivity contribution is 0.0975. The van der Waals surface area contributed by atoms with E-state index >= 15 is 0 Å². The third-order valence-electron chi connectivity index (χ3n) is 3.36. The fraction of sp³-hybridized carbons (Fsp3) is 0.286. The average Bonchev–Trinajstić information content (AvgIpc) is 2.94. The Morgan fingerprint density at radius 2 is 1.91 bits per heavy atom. The fourth-order valence-electron chi connectivity index (χ4n) is 2.23. The minimum absolute atomic E-state index is 0. The number of hydrogen-bond donors (Lipinski definition) is 2. The number of likely N-dealkylation sites (N-methyl/N-ethyl adjacent to an activating group) is 1.